The molecular formula is C13H28N2O2S. The van der Waals surface area contributed by atoms with Gasteiger partial charge in [-0.25, -0.2) is 8.42 Å². The first-order chi connectivity index (χ1) is 8.29. The molecule has 1 rings (SSSR count). The molecule has 0 bridgehead atoms. The van der Waals surface area contributed by atoms with Gasteiger partial charge >= 0.3 is 0 Å². The molecule has 18 heavy (non-hydrogen) atoms. The third kappa shape index (κ3) is 4.86. The molecule has 0 heterocycles. The van der Waals surface area contributed by atoms with Gasteiger partial charge in [0, 0.05) is 18.6 Å². The van der Waals surface area contributed by atoms with Crippen LogP contribution in [0.1, 0.15) is 52.9 Å². The fraction of sp³-hybridized carbons (Fsp3) is 1.00. The van der Waals surface area contributed by atoms with Gasteiger partial charge in [-0.15, -0.1) is 0 Å². The van der Waals surface area contributed by atoms with E-state index in [-0.39, 0.29) is 11.3 Å². The van der Waals surface area contributed by atoms with Crippen LogP contribution in [0.25, 0.3) is 0 Å². The molecule has 0 spiro atoms. The zero-order valence-electron chi connectivity index (χ0n) is 12.2. The van der Waals surface area contributed by atoms with E-state index in [4.69, 9.17) is 0 Å². The van der Waals surface area contributed by atoms with Gasteiger partial charge in [0.05, 0.1) is 5.75 Å². The van der Waals surface area contributed by atoms with Crippen LogP contribution in [-0.2, 0) is 10.0 Å². The summed E-state index contributed by atoms with van der Waals surface area (Å²) in [5, 5.41) is 3.41. The maximum atomic E-state index is 12.2. The molecule has 1 aliphatic carbocycles. The lowest BCUT2D eigenvalue weighted by Gasteiger charge is -2.33. The fourth-order valence-corrected chi connectivity index (χ4v) is 3.46. The summed E-state index contributed by atoms with van der Waals surface area (Å²) >= 11 is 0. The molecule has 0 aliphatic heterocycles. The van der Waals surface area contributed by atoms with Crippen molar-refractivity contribution in [3.63, 3.8) is 0 Å². The van der Waals surface area contributed by atoms with E-state index in [0.29, 0.717) is 6.04 Å². The summed E-state index contributed by atoms with van der Waals surface area (Å²) in [6.07, 6.45) is 5.08. The normalized spacial score (nSPS) is 17.4. The molecule has 1 saturated carbocycles. The van der Waals surface area contributed by atoms with Gasteiger partial charge in [0.2, 0.25) is 10.0 Å². The number of sulfonamides is 1. The van der Waals surface area contributed by atoms with Crippen molar-refractivity contribution in [1.82, 2.24) is 9.62 Å². The van der Waals surface area contributed by atoms with Crippen molar-refractivity contribution in [2.75, 3.05) is 19.3 Å². The predicted octanol–water partition coefficient (Wildman–Crippen LogP) is 1.97. The standard InChI is InChI=1S/C13H28N2O2S/c1-5-13(2,3)15(4)18(16,17)11-7-6-10-14-12-8-9-12/h12,14H,5-11H2,1-4H3. The smallest absolute Gasteiger partial charge is 0.214 e. The van der Waals surface area contributed by atoms with Crippen LogP contribution in [0.2, 0.25) is 0 Å². The van der Waals surface area contributed by atoms with E-state index < -0.39 is 10.0 Å². The monoisotopic (exact) mass is 276 g/mol. The quantitative estimate of drug-likeness (QED) is 0.655. The van der Waals surface area contributed by atoms with Gasteiger partial charge in [-0.05, 0) is 52.5 Å². The fourth-order valence-electron chi connectivity index (χ4n) is 1.74. The molecule has 0 saturated heterocycles. The topological polar surface area (TPSA) is 49.4 Å². The van der Waals surface area contributed by atoms with Crippen molar-refractivity contribution in [2.24, 2.45) is 0 Å². The van der Waals surface area contributed by atoms with Crippen LogP contribution in [0.5, 0.6) is 0 Å². The largest absolute Gasteiger partial charge is 0.314 e. The molecule has 0 aromatic heterocycles. The van der Waals surface area contributed by atoms with Crippen LogP contribution in [0.4, 0.5) is 0 Å². The lowest BCUT2D eigenvalue weighted by atomic mass is 10.0. The van der Waals surface area contributed by atoms with Crippen molar-refractivity contribution in [2.45, 2.75) is 64.5 Å². The highest BCUT2D eigenvalue weighted by Gasteiger charge is 2.30. The molecule has 4 nitrogen and oxygen atoms in total. The second-order valence-electron chi connectivity index (χ2n) is 5.88. The van der Waals surface area contributed by atoms with Crippen LogP contribution in [0.15, 0.2) is 0 Å². The van der Waals surface area contributed by atoms with Crippen molar-refractivity contribution < 1.29 is 8.42 Å². The molecule has 108 valence electrons. The predicted molar refractivity (Wildman–Crippen MR) is 76.2 cm³/mol. The minimum atomic E-state index is -3.11. The van der Waals surface area contributed by atoms with E-state index >= 15 is 0 Å². The Morgan fingerprint density at radius 2 is 1.89 bits per heavy atom. The van der Waals surface area contributed by atoms with Crippen LogP contribution in [0, 0.1) is 0 Å². The van der Waals surface area contributed by atoms with Crippen molar-refractivity contribution >= 4 is 10.0 Å². The molecule has 5 heteroatoms. The van der Waals surface area contributed by atoms with Crippen molar-refractivity contribution in [3.05, 3.63) is 0 Å². The first kappa shape index (κ1) is 15.9. The maximum absolute atomic E-state index is 12.2. The number of nitrogens with zero attached hydrogens (tertiary/aromatic N) is 1. The molecule has 0 radical (unpaired) electrons. The number of hydrogen-bond acceptors (Lipinski definition) is 3. The van der Waals surface area contributed by atoms with Crippen LogP contribution < -0.4 is 5.32 Å². The van der Waals surface area contributed by atoms with Crippen LogP contribution in [-0.4, -0.2) is 43.6 Å². The Labute approximate surface area is 112 Å². The number of nitrogens with one attached hydrogen (secondary N) is 1. The summed E-state index contributed by atoms with van der Waals surface area (Å²) in [6.45, 7) is 6.91. The minimum absolute atomic E-state index is 0.263. The number of rotatable bonds is 9. The summed E-state index contributed by atoms with van der Waals surface area (Å²) in [5.74, 6) is 0.263. The molecule has 0 amide bonds. The average molecular weight is 276 g/mol. The van der Waals surface area contributed by atoms with E-state index in [0.717, 1.165) is 25.8 Å². The molecule has 0 aromatic rings. The SMILES string of the molecule is CCC(C)(C)N(C)S(=O)(=O)CCCCNC1CC1. The summed E-state index contributed by atoms with van der Waals surface area (Å²) in [5.41, 5.74) is -0.287. The first-order valence-electron chi connectivity index (χ1n) is 6.99. The molecule has 1 aliphatic rings. The summed E-state index contributed by atoms with van der Waals surface area (Å²) < 4.78 is 25.8. The van der Waals surface area contributed by atoms with Gasteiger partial charge in [-0.2, -0.15) is 4.31 Å². The third-order valence-corrected chi connectivity index (χ3v) is 6.11. The highest BCUT2D eigenvalue weighted by Crippen LogP contribution is 2.21. The van der Waals surface area contributed by atoms with Crippen molar-refractivity contribution in [3.8, 4) is 0 Å². The third-order valence-electron chi connectivity index (χ3n) is 3.97. The maximum Gasteiger partial charge on any atom is 0.214 e. The Bertz CT molecular complexity index is 348. The van der Waals surface area contributed by atoms with Gasteiger partial charge in [-0.1, -0.05) is 6.92 Å². The summed E-state index contributed by atoms with van der Waals surface area (Å²) in [6, 6.07) is 0.711. The van der Waals surface area contributed by atoms with Crippen molar-refractivity contribution in [1.29, 1.82) is 0 Å². The Hall–Kier alpha value is -0.130. The summed E-state index contributed by atoms with van der Waals surface area (Å²) in [7, 11) is -1.41. The highest BCUT2D eigenvalue weighted by atomic mass is 32.2. The number of hydrogen-bond donors (Lipinski definition) is 1. The lowest BCUT2D eigenvalue weighted by molar-refractivity contribution is 0.257. The first-order valence-corrected chi connectivity index (χ1v) is 8.60. The van der Waals surface area contributed by atoms with Gasteiger partial charge in [0.15, 0.2) is 0 Å². The Morgan fingerprint density at radius 3 is 2.39 bits per heavy atom. The summed E-state index contributed by atoms with van der Waals surface area (Å²) in [4.78, 5) is 0. The Kier molecular flexibility index (Phi) is 5.62. The number of unbranched alkanes of at least 4 members (excludes halogenated alkanes) is 1. The van der Waals surface area contributed by atoms with E-state index in [1.54, 1.807) is 7.05 Å². The van der Waals surface area contributed by atoms with E-state index in [1.807, 2.05) is 20.8 Å². The van der Waals surface area contributed by atoms with E-state index in [9.17, 15) is 8.42 Å². The van der Waals surface area contributed by atoms with Crippen LogP contribution in [0.3, 0.4) is 0 Å². The van der Waals surface area contributed by atoms with Gasteiger partial charge in [0.25, 0.3) is 0 Å². The van der Waals surface area contributed by atoms with Gasteiger partial charge < -0.3 is 5.32 Å². The second-order valence-corrected chi connectivity index (χ2v) is 8.00. The molecular weight excluding hydrogens is 248 g/mol. The van der Waals surface area contributed by atoms with Crippen LogP contribution >= 0.6 is 0 Å². The van der Waals surface area contributed by atoms with Gasteiger partial charge in [0.1, 0.15) is 0 Å². The Morgan fingerprint density at radius 1 is 1.28 bits per heavy atom. The second kappa shape index (κ2) is 6.35. The molecule has 1 N–H and O–H groups in total. The molecule has 0 unspecified atom stereocenters. The van der Waals surface area contributed by atoms with Gasteiger partial charge in [-0.3, -0.25) is 0 Å². The zero-order valence-corrected chi connectivity index (χ0v) is 13.0. The van der Waals surface area contributed by atoms with E-state index in [1.165, 1.54) is 17.1 Å². The molecule has 1 fully saturated rings. The Balaban J connectivity index is 2.29. The van der Waals surface area contributed by atoms with E-state index in [2.05, 4.69) is 5.32 Å². The zero-order chi connectivity index (χ0) is 13.8. The highest BCUT2D eigenvalue weighted by molar-refractivity contribution is 7.89. The minimum Gasteiger partial charge on any atom is -0.314 e. The lowest BCUT2D eigenvalue weighted by Crippen LogP contribution is -2.45. The molecule has 0 aromatic carbocycles. The average Bonchev–Trinajstić information content (AvgIpc) is 3.11. The molecule has 0 atom stereocenters.